The van der Waals surface area contributed by atoms with Crippen LogP contribution >= 0.6 is 0 Å². The summed E-state index contributed by atoms with van der Waals surface area (Å²) in [5.74, 6) is -48.4. The summed E-state index contributed by atoms with van der Waals surface area (Å²) in [6, 6.07) is 0. The van der Waals surface area contributed by atoms with Crippen molar-refractivity contribution in [3.8, 4) is 0 Å². The fourth-order valence-corrected chi connectivity index (χ4v) is 5.35. The average molecular weight is 677 g/mol. The Morgan fingerprint density at radius 3 is 1.24 bits per heavy atom. The molecule has 0 saturated heterocycles. The molecule has 0 amide bonds. The van der Waals surface area contributed by atoms with Crippen LogP contribution in [0, 0.1) is 75.6 Å². The number of hydrogen-bond acceptors (Lipinski definition) is 0. The zero-order valence-corrected chi connectivity index (χ0v) is 20.9. The Morgan fingerprint density at radius 2 is 0.739 bits per heavy atom. The molecule has 0 aromatic heterocycles. The highest BCUT2D eigenvalue weighted by Crippen LogP contribution is 2.58. The van der Waals surface area contributed by atoms with E-state index < -0.39 is 161 Å². The Morgan fingerprint density at radius 1 is 0.348 bits per heavy atom. The molecule has 0 saturated carbocycles. The molecule has 1 atom stereocenters. The molecule has 1 radical (unpaired) electrons. The van der Waals surface area contributed by atoms with Crippen LogP contribution in [0.1, 0.15) is 11.1 Å². The van der Waals surface area contributed by atoms with E-state index >= 15 is 26.3 Å². The molecule has 0 N–H and O–H groups in total. The van der Waals surface area contributed by atoms with Crippen LogP contribution in [0.15, 0.2) is 23.1 Å². The molecule has 2 aliphatic rings. The Labute approximate surface area is 240 Å². The van der Waals surface area contributed by atoms with Crippen molar-refractivity contribution in [2.75, 3.05) is 0 Å². The molecular formula is C27BF18. The van der Waals surface area contributed by atoms with E-state index in [0.29, 0.717) is 0 Å². The van der Waals surface area contributed by atoms with Gasteiger partial charge in [0.25, 0.3) is 0 Å². The van der Waals surface area contributed by atoms with E-state index in [2.05, 4.69) is 0 Å². The van der Waals surface area contributed by atoms with Crippen LogP contribution in [0.2, 0.25) is 0 Å². The molecule has 1 unspecified atom stereocenters. The largest absolute Gasteiger partial charge is 0.241 e. The summed E-state index contributed by atoms with van der Waals surface area (Å²) < 4.78 is 266. The molecule has 237 valence electrons. The summed E-state index contributed by atoms with van der Waals surface area (Å²) in [6.07, 6.45) is 0. The molecule has 4 aromatic carbocycles. The zero-order valence-electron chi connectivity index (χ0n) is 20.9. The van der Waals surface area contributed by atoms with Crippen molar-refractivity contribution >= 4 is 45.7 Å². The quantitative estimate of drug-likeness (QED) is 0.0654. The molecule has 0 heterocycles. The van der Waals surface area contributed by atoms with E-state index in [1.54, 1.807) is 0 Å². The molecule has 0 nitrogen and oxygen atoms in total. The Hall–Kier alpha value is -4.58. The normalized spacial score (nSPS) is 18.0. The number of allylic oxidation sites excluding steroid dienone is 5. The molecule has 0 spiro atoms. The maximum absolute atomic E-state index is 16.6. The predicted molar refractivity (Wildman–Crippen MR) is 122 cm³/mol. The first kappa shape index (κ1) is 31.4. The molecular weight excluding hydrogens is 677 g/mol. The maximum Gasteiger partial charge on any atom is 0.222 e. The lowest BCUT2D eigenvalue weighted by Gasteiger charge is -2.30. The number of alkyl halides is 1. The summed E-state index contributed by atoms with van der Waals surface area (Å²) in [4.78, 5) is 0. The third-order valence-corrected chi connectivity index (χ3v) is 7.34. The van der Waals surface area contributed by atoms with Gasteiger partial charge in [-0.3, -0.25) is 0 Å². The van der Waals surface area contributed by atoms with Crippen LogP contribution in [-0.4, -0.2) is 12.8 Å². The van der Waals surface area contributed by atoms with Gasteiger partial charge < -0.3 is 0 Å². The van der Waals surface area contributed by atoms with Gasteiger partial charge >= 0.3 is 0 Å². The number of fused-ring (bicyclic) bond motifs is 5. The molecule has 0 fully saturated rings. The Kier molecular flexibility index (Phi) is 6.63. The van der Waals surface area contributed by atoms with Gasteiger partial charge in [-0.2, -0.15) is 0 Å². The highest BCUT2D eigenvalue weighted by Gasteiger charge is 2.56. The smallest absolute Gasteiger partial charge is 0.222 e. The van der Waals surface area contributed by atoms with Gasteiger partial charge in [0.15, 0.2) is 87.0 Å². The lowest BCUT2D eigenvalue weighted by molar-refractivity contribution is 0.299. The van der Waals surface area contributed by atoms with Crippen LogP contribution < -0.4 is 5.46 Å². The zero-order chi connectivity index (χ0) is 34.2. The van der Waals surface area contributed by atoms with Gasteiger partial charge in [-0.15, -0.1) is 0 Å². The lowest BCUT2D eigenvalue weighted by atomic mass is 9.50. The third-order valence-electron chi connectivity index (χ3n) is 7.34. The minimum atomic E-state index is -5.10. The predicted octanol–water partition coefficient (Wildman–Crippen LogP) is 9.04. The van der Waals surface area contributed by atoms with E-state index in [1.165, 1.54) is 0 Å². The fraction of sp³-hybridized carbons (Fsp3) is 0.0370. The van der Waals surface area contributed by atoms with Gasteiger partial charge in [0.05, 0.1) is 21.7 Å². The Bertz CT molecular complexity index is 2270. The van der Waals surface area contributed by atoms with Gasteiger partial charge in [-0.25, -0.2) is 79.0 Å². The monoisotopic (exact) mass is 677 g/mol. The molecule has 46 heavy (non-hydrogen) atoms. The molecule has 19 heteroatoms. The van der Waals surface area contributed by atoms with Crippen molar-refractivity contribution in [2.24, 2.45) is 0 Å². The van der Waals surface area contributed by atoms with E-state index in [-0.39, 0.29) is 0 Å². The summed E-state index contributed by atoms with van der Waals surface area (Å²) in [6.45, 7) is 0. The van der Waals surface area contributed by atoms with Crippen molar-refractivity contribution in [3.05, 3.63) is 110 Å². The first-order valence-corrected chi connectivity index (χ1v) is 11.7. The highest BCUT2D eigenvalue weighted by molar-refractivity contribution is 6.62. The van der Waals surface area contributed by atoms with Crippen molar-refractivity contribution in [3.63, 3.8) is 0 Å². The van der Waals surface area contributed by atoms with Gasteiger partial charge in [0.2, 0.25) is 7.28 Å². The van der Waals surface area contributed by atoms with Crippen molar-refractivity contribution < 1.29 is 79.0 Å². The highest BCUT2D eigenvalue weighted by atomic mass is 19.2. The summed E-state index contributed by atoms with van der Waals surface area (Å²) in [5, 5.41) is -9.19. The molecule has 2 aliphatic carbocycles. The minimum Gasteiger partial charge on any atom is -0.241 e. The molecule has 0 bridgehead atoms. The summed E-state index contributed by atoms with van der Waals surface area (Å²) in [5.41, 5.74) is -16.5. The number of benzene rings is 4. The molecule has 0 aliphatic heterocycles. The summed E-state index contributed by atoms with van der Waals surface area (Å²) in [7, 11) is -1.000. The molecule has 4 aromatic rings. The van der Waals surface area contributed by atoms with E-state index in [9.17, 15) is 52.7 Å². The van der Waals surface area contributed by atoms with Gasteiger partial charge in [-0.1, -0.05) is 0 Å². The second kappa shape index (κ2) is 9.71. The number of hydrogen-bond donors (Lipinski definition) is 0. The van der Waals surface area contributed by atoms with Crippen LogP contribution in [0.3, 0.4) is 0 Å². The number of halogens is 18. The molecule has 6 rings (SSSR count). The van der Waals surface area contributed by atoms with E-state index in [1.807, 2.05) is 0 Å². The van der Waals surface area contributed by atoms with Crippen LogP contribution in [0.25, 0.3) is 32.9 Å². The topological polar surface area (TPSA) is 0 Å². The standard InChI is InChI=1S/C27BF18/c29-10-3-5(11(30)7-6(10)17(36)23(42)24(43)18(7)37)16(35)20(39)19(38)9(3)28-27(46)8-2(14(33)25(44)26(27)45)1-4(12(8)31)15(34)22(41)21(40)13(1)32. The van der Waals surface area contributed by atoms with Crippen molar-refractivity contribution in [1.29, 1.82) is 0 Å². The second-order valence-corrected chi connectivity index (χ2v) is 9.61. The van der Waals surface area contributed by atoms with Crippen molar-refractivity contribution in [2.45, 2.75) is 5.57 Å². The second-order valence-electron chi connectivity index (χ2n) is 9.61. The fourth-order valence-electron chi connectivity index (χ4n) is 5.35. The minimum absolute atomic E-state index is 1.000. The SMILES string of the molecule is FC1=C2C(=C(F)c3c(F)c(F)c(F)c(F)c32)C(F)([B]c2c(F)c(F)c(F)c3c(F)c4c(F)c(F)c(F)c(F)c4c(F)c23)C(F)=C1F. The van der Waals surface area contributed by atoms with E-state index in [0.717, 1.165) is 0 Å². The average Bonchev–Trinajstić information content (AvgIpc) is 3.34. The third kappa shape index (κ3) is 3.53. The summed E-state index contributed by atoms with van der Waals surface area (Å²) >= 11 is 0. The first-order chi connectivity index (χ1) is 21.3. The van der Waals surface area contributed by atoms with Crippen LogP contribution in [0.4, 0.5) is 79.0 Å². The van der Waals surface area contributed by atoms with Gasteiger partial charge in [0.1, 0.15) is 17.5 Å². The van der Waals surface area contributed by atoms with Crippen molar-refractivity contribution in [1.82, 2.24) is 0 Å². The van der Waals surface area contributed by atoms with Gasteiger partial charge in [0, 0.05) is 22.1 Å². The van der Waals surface area contributed by atoms with Crippen LogP contribution in [-0.2, 0) is 0 Å². The van der Waals surface area contributed by atoms with Gasteiger partial charge in [-0.05, 0) is 5.46 Å². The first-order valence-electron chi connectivity index (χ1n) is 11.7. The maximum atomic E-state index is 16.6. The van der Waals surface area contributed by atoms with Crippen LogP contribution in [0.5, 0.6) is 0 Å². The van der Waals surface area contributed by atoms with E-state index in [4.69, 9.17) is 0 Å². The lowest BCUT2D eigenvalue weighted by Crippen LogP contribution is -2.45. The number of rotatable bonds is 2. The Balaban J connectivity index is 1.76.